The Hall–Kier alpha value is -1.82. The van der Waals surface area contributed by atoms with Crippen LogP contribution in [0.2, 0.25) is 5.02 Å². The lowest BCUT2D eigenvalue weighted by atomic mass is 9.99. The minimum absolute atomic E-state index is 0.0594. The highest BCUT2D eigenvalue weighted by Gasteiger charge is 2.37. The fraction of sp³-hybridized carbons (Fsp3) is 0.533. The van der Waals surface area contributed by atoms with Gasteiger partial charge in [0.25, 0.3) is 0 Å². The summed E-state index contributed by atoms with van der Waals surface area (Å²) < 4.78 is 3.58. The highest BCUT2D eigenvalue weighted by Crippen LogP contribution is 2.26. The van der Waals surface area contributed by atoms with Crippen molar-refractivity contribution >= 4 is 17.5 Å². The molecule has 0 N–H and O–H groups in total. The van der Waals surface area contributed by atoms with Gasteiger partial charge in [-0.2, -0.15) is 10.2 Å². The Balaban J connectivity index is 1.76. The van der Waals surface area contributed by atoms with Crippen molar-refractivity contribution in [3.05, 3.63) is 35.9 Å². The molecule has 2 aromatic heterocycles. The number of nitrogens with zero attached hydrogens (tertiary/aromatic N) is 5. The third-order valence-corrected chi connectivity index (χ3v) is 4.43. The van der Waals surface area contributed by atoms with Gasteiger partial charge in [-0.25, -0.2) is 0 Å². The van der Waals surface area contributed by atoms with Gasteiger partial charge in [-0.05, 0) is 32.8 Å². The molecular weight excluding hydrogens is 302 g/mol. The summed E-state index contributed by atoms with van der Waals surface area (Å²) >= 11 is 5.93. The first-order valence-electron chi connectivity index (χ1n) is 7.47. The number of rotatable bonds is 3. The summed E-state index contributed by atoms with van der Waals surface area (Å²) in [4.78, 5) is 14.8. The maximum absolute atomic E-state index is 12.9. The van der Waals surface area contributed by atoms with Gasteiger partial charge in [-0.1, -0.05) is 11.6 Å². The van der Waals surface area contributed by atoms with E-state index in [1.807, 2.05) is 35.7 Å². The molecule has 0 spiro atoms. The van der Waals surface area contributed by atoms with E-state index in [0.29, 0.717) is 11.6 Å². The number of hydrogen-bond acceptors (Lipinski definition) is 3. The number of hydrogen-bond donors (Lipinski definition) is 0. The maximum Gasteiger partial charge on any atom is 0.250 e. The Morgan fingerprint density at radius 1 is 1.41 bits per heavy atom. The van der Waals surface area contributed by atoms with Gasteiger partial charge in [-0.15, -0.1) is 0 Å². The smallest absolute Gasteiger partial charge is 0.250 e. The third-order valence-electron chi connectivity index (χ3n) is 4.23. The molecule has 0 saturated carbocycles. The van der Waals surface area contributed by atoms with Crippen LogP contribution in [-0.2, 0) is 10.3 Å². The van der Waals surface area contributed by atoms with Crippen molar-refractivity contribution in [3.8, 4) is 0 Å². The zero-order valence-electron chi connectivity index (χ0n) is 12.8. The Bertz CT molecular complexity index is 649. The lowest BCUT2D eigenvalue weighted by molar-refractivity contribution is -0.141. The standard InChI is InChI=1S/C15H20ClN5O/c1-15(2,21-10-12(16)9-18-21)14(22)19-7-3-5-13(11-19)20-8-4-6-17-20/h4,6,8-10,13H,3,5,7,11H2,1-2H3/t13-/m0/s1. The van der Waals surface area contributed by atoms with Crippen LogP contribution in [0.5, 0.6) is 0 Å². The molecule has 0 aliphatic carbocycles. The van der Waals surface area contributed by atoms with Gasteiger partial charge in [-0.3, -0.25) is 14.2 Å². The summed E-state index contributed by atoms with van der Waals surface area (Å²) in [5.41, 5.74) is -0.751. The highest BCUT2D eigenvalue weighted by atomic mass is 35.5. The molecule has 1 fully saturated rings. The molecule has 0 bridgehead atoms. The molecule has 0 radical (unpaired) electrons. The van der Waals surface area contributed by atoms with E-state index in [1.54, 1.807) is 23.3 Å². The molecule has 0 aromatic carbocycles. The Morgan fingerprint density at radius 3 is 2.86 bits per heavy atom. The van der Waals surface area contributed by atoms with Crippen LogP contribution in [-0.4, -0.2) is 43.5 Å². The van der Waals surface area contributed by atoms with Gasteiger partial charge in [0.1, 0.15) is 5.54 Å². The van der Waals surface area contributed by atoms with Crippen LogP contribution in [0.4, 0.5) is 0 Å². The van der Waals surface area contributed by atoms with Crippen LogP contribution in [0.1, 0.15) is 32.7 Å². The second kappa shape index (κ2) is 5.76. The van der Waals surface area contributed by atoms with E-state index < -0.39 is 5.54 Å². The lowest BCUT2D eigenvalue weighted by Gasteiger charge is -2.37. The van der Waals surface area contributed by atoms with Gasteiger partial charge in [0, 0.05) is 31.7 Å². The molecule has 1 saturated heterocycles. The monoisotopic (exact) mass is 321 g/mol. The zero-order valence-corrected chi connectivity index (χ0v) is 13.6. The van der Waals surface area contributed by atoms with Gasteiger partial charge in [0.05, 0.1) is 17.3 Å². The van der Waals surface area contributed by atoms with E-state index in [1.165, 1.54) is 0 Å². The summed E-state index contributed by atoms with van der Waals surface area (Å²) in [6, 6.07) is 2.15. The minimum Gasteiger partial charge on any atom is -0.338 e. The van der Waals surface area contributed by atoms with E-state index in [0.717, 1.165) is 19.4 Å². The molecule has 0 unspecified atom stereocenters. The number of carbonyl (C=O) groups is 1. The Kier molecular flexibility index (Phi) is 3.95. The fourth-order valence-corrected chi connectivity index (χ4v) is 3.08. The predicted octanol–water partition coefficient (Wildman–Crippen LogP) is 2.33. The van der Waals surface area contributed by atoms with Crippen molar-refractivity contribution in [1.29, 1.82) is 0 Å². The van der Waals surface area contributed by atoms with Crippen molar-refractivity contribution in [1.82, 2.24) is 24.5 Å². The number of halogens is 1. The van der Waals surface area contributed by atoms with Crippen molar-refractivity contribution < 1.29 is 4.79 Å². The second-order valence-corrected chi connectivity index (χ2v) is 6.63. The molecule has 1 aliphatic heterocycles. The van der Waals surface area contributed by atoms with E-state index in [4.69, 9.17) is 11.6 Å². The molecule has 1 aliphatic rings. The van der Waals surface area contributed by atoms with Crippen LogP contribution in [0.3, 0.4) is 0 Å². The molecule has 2 aromatic rings. The molecule has 118 valence electrons. The molecule has 3 rings (SSSR count). The predicted molar refractivity (Wildman–Crippen MR) is 83.6 cm³/mol. The van der Waals surface area contributed by atoms with Crippen molar-refractivity contribution in [2.45, 2.75) is 38.3 Å². The summed E-state index contributed by atoms with van der Waals surface area (Å²) in [6.45, 7) is 5.19. The van der Waals surface area contributed by atoms with Crippen LogP contribution < -0.4 is 0 Å². The third kappa shape index (κ3) is 2.75. The molecule has 6 nitrogen and oxygen atoms in total. The topological polar surface area (TPSA) is 56.0 Å². The van der Waals surface area contributed by atoms with Crippen LogP contribution >= 0.6 is 11.6 Å². The van der Waals surface area contributed by atoms with E-state index >= 15 is 0 Å². The largest absolute Gasteiger partial charge is 0.338 e. The molecule has 7 heteroatoms. The van der Waals surface area contributed by atoms with Crippen molar-refractivity contribution in [2.75, 3.05) is 13.1 Å². The average molecular weight is 322 g/mol. The number of amides is 1. The minimum atomic E-state index is -0.751. The summed E-state index contributed by atoms with van der Waals surface area (Å²) in [7, 11) is 0. The summed E-state index contributed by atoms with van der Waals surface area (Å²) in [5.74, 6) is 0.0594. The van der Waals surface area contributed by atoms with Gasteiger partial charge in [0.2, 0.25) is 5.91 Å². The van der Waals surface area contributed by atoms with E-state index in [-0.39, 0.29) is 11.9 Å². The van der Waals surface area contributed by atoms with Gasteiger partial charge < -0.3 is 4.90 Å². The van der Waals surface area contributed by atoms with E-state index in [2.05, 4.69) is 10.2 Å². The molecule has 1 atom stereocenters. The first-order valence-corrected chi connectivity index (χ1v) is 7.85. The number of piperidine rings is 1. The van der Waals surface area contributed by atoms with Crippen LogP contribution in [0, 0.1) is 0 Å². The number of aromatic nitrogens is 4. The van der Waals surface area contributed by atoms with Crippen LogP contribution in [0.25, 0.3) is 0 Å². The normalized spacial score (nSPS) is 19.4. The highest BCUT2D eigenvalue weighted by molar-refractivity contribution is 6.30. The average Bonchev–Trinajstić information content (AvgIpc) is 3.18. The molecule has 1 amide bonds. The maximum atomic E-state index is 12.9. The number of likely N-dealkylation sites (tertiary alicyclic amines) is 1. The van der Waals surface area contributed by atoms with Crippen molar-refractivity contribution in [2.24, 2.45) is 0 Å². The quantitative estimate of drug-likeness (QED) is 0.872. The Morgan fingerprint density at radius 2 is 2.23 bits per heavy atom. The van der Waals surface area contributed by atoms with Gasteiger partial charge >= 0.3 is 0 Å². The summed E-state index contributed by atoms with van der Waals surface area (Å²) in [5, 5.41) is 9.03. The Labute approximate surface area is 134 Å². The molecule has 3 heterocycles. The number of carbonyl (C=O) groups excluding carboxylic acids is 1. The first kappa shape index (κ1) is 15.1. The summed E-state index contributed by atoms with van der Waals surface area (Å²) in [6.07, 6.45) is 8.99. The fourth-order valence-electron chi connectivity index (χ4n) is 2.94. The molecular formula is C15H20ClN5O. The van der Waals surface area contributed by atoms with Crippen molar-refractivity contribution in [3.63, 3.8) is 0 Å². The van der Waals surface area contributed by atoms with Crippen LogP contribution in [0.15, 0.2) is 30.9 Å². The van der Waals surface area contributed by atoms with Gasteiger partial charge in [0.15, 0.2) is 0 Å². The zero-order chi connectivity index (χ0) is 15.7. The SMILES string of the molecule is CC(C)(C(=O)N1CCC[C@H](n2cccn2)C1)n1cc(Cl)cn1. The van der Waals surface area contributed by atoms with E-state index in [9.17, 15) is 4.79 Å². The second-order valence-electron chi connectivity index (χ2n) is 6.20. The first-order chi connectivity index (χ1) is 10.5. The molecule has 22 heavy (non-hydrogen) atoms. The lowest BCUT2D eigenvalue weighted by Crippen LogP contribution is -2.50.